The lowest BCUT2D eigenvalue weighted by atomic mass is 10.1. The third-order valence-electron chi connectivity index (χ3n) is 4.71. The number of benzene rings is 1. The molecule has 1 aliphatic carbocycles. The van der Waals surface area contributed by atoms with Gasteiger partial charge < -0.3 is 10.2 Å². The van der Waals surface area contributed by atoms with E-state index in [1.165, 1.54) is 19.3 Å². The first kappa shape index (κ1) is 14.8. The van der Waals surface area contributed by atoms with Crippen LogP contribution < -0.4 is 10.2 Å². The zero-order valence-electron chi connectivity index (χ0n) is 12.9. The number of nitrogens with one attached hydrogen (secondary N) is 1. The standard InChI is InChI=1S/C17H26FN3/c1-2-16(13-19-15-5-6-15)20-9-11-21(12-10-20)17-7-3-14(18)4-8-17/h3-4,7-8,15-16,19H,2,5-6,9-13H2,1H3. The van der Waals surface area contributed by atoms with E-state index in [1.54, 1.807) is 12.1 Å². The van der Waals surface area contributed by atoms with Gasteiger partial charge in [0, 0.05) is 50.5 Å². The summed E-state index contributed by atoms with van der Waals surface area (Å²) in [6, 6.07) is 8.32. The van der Waals surface area contributed by atoms with Crippen LogP contribution in [0.3, 0.4) is 0 Å². The van der Waals surface area contributed by atoms with Crippen molar-refractivity contribution < 1.29 is 4.39 Å². The molecule has 1 aromatic rings. The molecule has 0 amide bonds. The van der Waals surface area contributed by atoms with Gasteiger partial charge in [0.1, 0.15) is 5.82 Å². The summed E-state index contributed by atoms with van der Waals surface area (Å²) in [5, 5.41) is 3.66. The number of piperazine rings is 1. The molecule has 1 unspecified atom stereocenters. The molecular weight excluding hydrogens is 265 g/mol. The molecule has 1 aromatic carbocycles. The second-order valence-electron chi connectivity index (χ2n) is 6.24. The highest BCUT2D eigenvalue weighted by Crippen LogP contribution is 2.20. The fraction of sp³-hybridized carbons (Fsp3) is 0.647. The maximum Gasteiger partial charge on any atom is 0.123 e. The van der Waals surface area contributed by atoms with E-state index in [-0.39, 0.29) is 5.82 Å². The first-order valence-corrected chi connectivity index (χ1v) is 8.24. The number of rotatable bonds is 6. The van der Waals surface area contributed by atoms with Gasteiger partial charge in [0.25, 0.3) is 0 Å². The van der Waals surface area contributed by atoms with E-state index in [2.05, 4.69) is 22.0 Å². The van der Waals surface area contributed by atoms with Crippen LogP contribution in [0.2, 0.25) is 0 Å². The Balaban J connectivity index is 1.49. The van der Waals surface area contributed by atoms with Gasteiger partial charge in [0.2, 0.25) is 0 Å². The fourth-order valence-electron chi connectivity index (χ4n) is 3.12. The third-order valence-corrected chi connectivity index (χ3v) is 4.71. The Labute approximate surface area is 127 Å². The molecule has 2 fully saturated rings. The monoisotopic (exact) mass is 291 g/mol. The minimum atomic E-state index is -0.158. The van der Waals surface area contributed by atoms with Crippen LogP contribution >= 0.6 is 0 Å². The Bertz CT molecular complexity index is 436. The van der Waals surface area contributed by atoms with Gasteiger partial charge in [0.15, 0.2) is 0 Å². The first-order valence-electron chi connectivity index (χ1n) is 8.24. The van der Waals surface area contributed by atoms with Gasteiger partial charge >= 0.3 is 0 Å². The molecule has 0 aromatic heterocycles. The van der Waals surface area contributed by atoms with Crippen LogP contribution in [-0.2, 0) is 0 Å². The van der Waals surface area contributed by atoms with Crippen LogP contribution in [0.4, 0.5) is 10.1 Å². The third kappa shape index (κ3) is 3.95. The zero-order chi connectivity index (χ0) is 14.7. The first-order chi connectivity index (χ1) is 10.3. The van der Waals surface area contributed by atoms with Crippen molar-refractivity contribution in [1.82, 2.24) is 10.2 Å². The molecular formula is C17H26FN3. The van der Waals surface area contributed by atoms with Gasteiger partial charge in [0.05, 0.1) is 0 Å². The smallest absolute Gasteiger partial charge is 0.123 e. The summed E-state index contributed by atoms with van der Waals surface area (Å²) >= 11 is 0. The molecule has 116 valence electrons. The van der Waals surface area contributed by atoms with E-state index >= 15 is 0 Å². The Morgan fingerprint density at radius 1 is 1.14 bits per heavy atom. The van der Waals surface area contributed by atoms with Gasteiger partial charge in [-0.25, -0.2) is 4.39 Å². The van der Waals surface area contributed by atoms with Gasteiger partial charge in [-0.2, -0.15) is 0 Å². The van der Waals surface area contributed by atoms with Crippen LogP contribution in [0, 0.1) is 5.82 Å². The Morgan fingerprint density at radius 2 is 1.81 bits per heavy atom. The summed E-state index contributed by atoms with van der Waals surface area (Å²) in [6.07, 6.45) is 3.92. The van der Waals surface area contributed by atoms with E-state index in [4.69, 9.17) is 0 Å². The lowest BCUT2D eigenvalue weighted by molar-refractivity contribution is 0.176. The largest absolute Gasteiger partial charge is 0.369 e. The van der Waals surface area contributed by atoms with E-state index < -0.39 is 0 Å². The van der Waals surface area contributed by atoms with Crippen molar-refractivity contribution >= 4 is 5.69 Å². The van der Waals surface area contributed by atoms with Crippen molar-refractivity contribution in [3.8, 4) is 0 Å². The average Bonchev–Trinajstić information content (AvgIpc) is 3.34. The van der Waals surface area contributed by atoms with Crippen molar-refractivity contribution in [1.29, 1.82) is 0 Å². The highest BCUT2D eigenvalue weighted by molar-refractivity contribution is 5.46. The molecule has 1 N–H and O–H groups in total. The molecule has 0 radical (unpaired) electrons. The molecule has 1 heterocycles. The van der Waals surface area contributed by atoms with E-state index in [0.29, 0.717) is 6.04 Å². The Hall–Kier alpha value is -1.13. The number of nitrogens with zero attached hydrogens (tertiary/aromatic N) is 2. The summed E-state index contributed by atoms with van der Waals surface area (Å²) in [5.41, 5.74) is 1.14. The summed E-state index contributed by atoms with van der Waals surface area (Å²) < 4.78 is 13.0. The van der Waals surface area contributed by atoms with Crippen molar-refractivity contribution in [3.05, 3.63) is 30.1 Å². The lowest BCUT2D eigenvalue weighted by Gasteiger charge is -2.40. The second-order valence-corrected chi connectivity index (χ2v) is 6.24. The molecule has 3 rings (SSSR count). The Morgan fingerprint density at radius 3 is 2.38 bits per heavy atom. The molecule has 1 saturated heterocycles. The molecule has 1 atom stereocenters. The van der Waals surface area contributed by atoms with Crippen molar-refractivity contribution in [3.63, 3.8) is 0 Å². The fourth-order valence-corrected chi connectivity index (χ4v) is 3.12. The van der Waals surface area contributed by atoms with E-state index in [9.17, 15) is 4.39 Å². The maximum absolute atomic E-state index is 13.0. The number of hydrogen-bond donors (Lipinski definition) is 1. The molecule has 0 bridgehead atoms. The number of halogens is 1. The molecule has 3 nitrogen and oxygen atoms in total. The second kappa shape index (κ2) is 6.75. The maximum atomic E-state index is 13.0. The van der Waals surface area contributed by atoms with Crippen LogP contribution in [0.1, 0.15) is 26.2 Å². The summed E-state index contributed by atoms with van der Waals surface area (Å²) in [6.45, 7) is 7.67. The summed E-state index contributed by atoms with van der Waals surface area (Å²) in [4.78, 5) is 4.96. The molecule has 4 heteroatoms. The van der Waals surface area contributed by atoms with Crippen molar-refractivity contribution in [2.24, 2.45) is 0 Å². The van der Waals surface area contributed by atoms with E-state index in [1.807, 2.05) is 12.1 Å². The SMILES string of the molecule is CCC(CNC1CC1)N1CCN(c2ccc(F)cc2)CC1. The highest BCUT2D eigenvalue weighted by atomic mass is 19.1. The average molecular weight is 291 g/mol. The minimum absolute atomic E-state index is 0.158. The topological polar surface area (TPSA) is 18.5 Å². The van der Waals surface area contributed by atoms with Crippen LogP contribution in [0.15, 0.2) is 24.3 Å². The predicted octanol–water partition coefficient (Wildman–Crippen LogP) is 2.48. The lowest BCUT2D eigenvalue weighted by Crippen LogP contribution is -2.53. The molecule has 0 spiro atoms. The Kier molecular flexibility index (Phi) is 4.76. The molecule has 21 heavy (non-hydrogen) atoms. The van der Waals surface area contributed by atoms with Gasteiger partial charge in [-0.3, -0.25) is 4.90 Å². The normalized spacial score (nSPS) is 21.5. The van der Waals surface area contributed by atoms with E-state index in [0.717, 1.165) is 44.5 Å². The summed E-state index contributed by atoms with van der Waals surface area (Å²) in [7, 11) is 0. The summed E-state index contributed by atoms with van der Waals surface area (Å²) in [5.74, 6) is -0.158. The van der Waals surface area contributed by atoms with Crippen molar-refractivity contribution in [2.45, 2.75) is 38.3 Å². The zero-order valence-corrected chi connectivity index (χ0v) is 12.9. The van der Waals surface area contributed by atoms with Crippen LogP contribution in [0.25, 0.3) is 0 Å². The molecule has 1 aliphatic heterocycles. The number of anilines is 1. The van der Waals surface area contributed by atoms with Crippen molar-refractivity contribution in [2.75, 3.05) is 37.6 Å². The highest BCUT2D eigenvalue weighted by Gasteiger charge is 2.26. The van der Waals surface area contributed by atoms with Crippen LogP contribution in [0.5, 0.6) is 0 Å². The predicted molar refractivity (Wildman–Crippen MR) is 85.3 cm³/mol. The quantitative estimate of drug-likeness (QED) is 0.868. The van der Waals surface area contributed by atoms with Gasteiger partial charge in [-0.1, -0.05) is 6.92 Å². The molecule has 1 saturated carbocycles. The van der Waals surface area contributed by atoms with Crippen LogP contribution in [-0.4, -0.2) is 49.7 Å². The minimum Gasteiger partial charge on any atom is -0.369 e. The molecule has 2 aliphatic rings. The van der Waals surface area contributed by atoms with Gasteiger partial charge in [-0.15, -0.1) is 0 Å². The van der Waals surface area contributed by atoms with Gasteiger partial charge in [-0.05, 0) is 43.5 Å². The number of hydrogen-bond acceptors (Lipinski definition) is 3.